The number of carbonyl (C=O) groups excluding carboxylic acids is 3. The van der Waals surface area contributed by atoms with Gasteiger partial charge < -0.3 is 11.1 Å². The number of carbonyl (C=O) groups is 3. The Labute approximate surface area is 209 Å². The van der Waals surface area contributed by atoms with Gasteiger partial charge in [-0.2, -0.15) is 0 Å². The van der Waals surface area contributed by atoms with Gasteiger partial charge in [-0.15, -0.1) is 0 Å². The van der Waals surface area contributed by atoms with Gasteiger partial charge in [0.1, 0.15) is 0 Å². The summed E-state index contributed by atoms with van der Waals surface area (Å²) in [5.74, 6) is -0.681. The van der Waals surface area contributed by atoms with Crippen molar-refractivity contribution in [3.63, 3.8) is 0 Å². The summed E-state index contributed by atoms with van der Waals surface area (Å²) in [4.78, 5) is 38.7. The highest BCUT2D eigenvalue weighted by atomic mass is 16.2. The minimum atomic E-state index is -0.279. The Hall–Kier alpha value is -2.95. The molecular weight excluding hydrogens is 436 g/mol. The number of benzene rings is 2. The summed E-state index contributed by atoms with van der Waals surface area (Å²) >= 11 is 0. The lowest BCUT2D eigenvalue weighted by Crippen LogP contribution is -2.24. The molecule has 0 unspecified atom stereocenters. The van der Waals surface area contributed by atoms with Crippen LogP contribution in [0.1, 0.15) is 129 Å². The van der Waals surface area contributed by atoms with Crippen molar-refractivity contribution in [1.29, 1.82) is 0 Å². The SMILES string of the molecule is CCCCCCCCCCCCCCCC(=O)Nc1cccc2c1C(=O)c1cccc(N)c1C2=O. The van der Waals surface area contributed by atoms with E-state index in [0.717, 1.165) is 19.3 Å². The molecule has 3 N–H and O–H groups in total. The number of hydrogen-bond acceptors (Lipinski definition) is 4. The van der Waals surface area contributed by atoms with Crippen molar-refractivity contribution in [1.82, 2.24) is 0 Å². The molecule has 0 aliphatic heterocycles. The molecule has 2 aromatic rings. The number of nitrogens with one attached hydrogen (secondary N) is 1. The average Bonchev–Trinajstić information content (AvgIpc) is 2.85. The lowest BCUT2D eigenvalue weighted by molar-refractivity contribution is -0.116. The number of unbranched alkanes of at least 4 members (excludes halogenated alkanes) is 12. The van der Waals surface area contributed by atoms with Crippen LogP contribution in [0, 0.1) is 0 Å². The molecule has 1 aliphatic carbocycles. The summed E-state index contributed by atoms with van der Waals surface area (Å²) in [5.41, 5.74) is 7.75. The molecule has 2 aromatic carbocycles. The van der Waals surface area contributed by atoms with Crippen molar-refractivity contribution >= 4 is 28.8 Å². The predicted molar refractivity (Wildman–Crippen MR) is 143 cm³/mol. The van der Waals surface area contributed by atoms with E-state index in [4.69, 9.17) is 5.73 Å². The largest absolute Gasteiger partial charge is 0.398 e. The third kappa shape index (κ3) is 7.27. The van der Waals surface area contributed by atoms with Crippen LogP contribution in [-0.2, 0) is 4.79 Å². The molecule has 0 bridgehead atoms. The lowest BCUT2D eigenvalue weighted by atomic mass is 9.82. The van der Waals surface area contributed by atoms with E-state index in [0.29, 0.717) is 28.9 Å². The van der Waals surface area contributed by atoms with E-state index in [9.17, 15) is 14.4 Å². The van der Waals surface area contributed by atoms with Crippen LogP contribution in [0.3, 0.4) is 0 Å². The lowest BCUT2D eigenvalue weighted by Gasteiger charge is -2.21. The number of ketones is 2. The van der Waals surface area contributed by atoms with Gasteiger partial charge in [-0.1, -0.05) is 108 Å². The fourth-order valence-corrected chi connectivity index (χ4v) is 4.89. The molecule has 0 radical (unpaired) electrons. The van der Waals surface area contributed by atoms with Crippen LogP contribution >= 0.6 is 0 Å². The van der Waals surface area contributed by atoms with Crippen LogP contribution in [0.25, 0.3) is 0 Å². The maximum atomic E-state index is 13.1. The maximum Gasteiger partial charge on any atom is 0.224 e. The Kier molecular flexibility index (Phi) is 10.5. The van der Waals surface area contributed by atoms with Gasteiger partial charge in [0.25, 0.3) is 0 Å². The summed E-state index contributed by atoms with van der Waals surface area (Å²) in [7, 11) is 0. The van der Waals surface area contributed by atoms with E-state index in [1.54, 1.807) is 36.4 Å². The van der Waals surface area contributed by atoms with Crippen molar-refractivity contribution in [3.8, 4) is 0 Å². The summed E-state index contributed by atoms with van der Waals surface area (Å²) in [5, 5.41) is 2.87. The van der Waals surface area contributed by atoms with Crippen molar-refractivity contribution in [2.24, 2.45) is 0 Å². The maximum absolute atomic E-state index is 13.1. The number of amides is 1. The highest BCUT2D eigenvalue weighted by molar-refractivity contribution is 6.32. The molecule has 5 nitrogen and oxygen atoms in total. The summed E-state index contributed by atoms with van der Waals surface area (Å²) in [6.07, 6.45) is 16.7. The first-order chi connectivity index (χ1) is 17.0. The van der Waals surface area contributed by atoms with E-state index in [-0.39, 0.29) is 28.6 Å². The molecule has 188 valence electrons. The molecule has 0 atom stereocenters. The first-order valence-electron chi connectivity index (χ1n) is 13.4. The Balaban J connectivity index is 1.38. The quantitative estimate of drug-likeness (QED) is 0.176. The Bertz CT molecular complexity index is 1030. The minimum Gasteiger partial charge on any atom is -0.398 e. The summed E-state index contributed by atoms with van der Waals surface area (Å²) in [6.45, 7) is 2.25. The third-order valence-electron chi connectivity index (χ3n) is 6.89. The van der Waals surface area contributed by atoms with Crippen LogP contribution in [0.15, 0.2) is 36.4 Å². The Morgan fingerprint density at radius 3 is 1.77 bits per heavy atom. The van der Waals surface area contributed by atoms with Crippen LogP contribution in [0.4, 0.5) is 11.4 Å². The second-order valence-corrected chi connectivity index (χ2v) is 9.70. The van der Waals surface area contributed by atoms with Gasteiger partial charge in [0.05, 0.1) is 16.8 Å². The van der Waals surface area contributed by atoms with Crippen molar-refractivity contribution in [3.05, 3.63) is 58.7 Å². The molecule has 0 saturated carbocycles. The molecular formula is C30H40N2O3. The number of rotatable bonds is 15. The van der Waals surface area contributed by atoms with Crippen molar-refractivity contribution in [2.45, 2.75) is 96.8 Å². The predicted octanol–water partition coefficient (Wildman–Crippen LogP) is 7.46. The smallest absolute Gasteiger partial charge is 0.224 e. The topological polar surface area (TPSA) is 89.3 Å². The number of anilines is 2. The first-order valence-corrected chi connectivity index (χ1v) is 13.4. The molecule has 0 spiro atoms. The van der Waals surface area contributed by atoms with Gasteiger partial charge in [-0.05, 0) is 18.6 Å². The monoisotopic (exact) mass is 476 g/mol. The molecule has 3 rings (SSSR count). The van der Waals surface area contributed by atoms with E-state index >= 15 is 0 Å². The Morgan fingerprint density at radius 2 is 1.17 bits per heavy atom. The van der Waals surface area contributed by atoms with Gasteiger partial charge >= 0.3 is 0 Å². The second-order valence-electron chi connectivity index (χ2n) is 9.70. The number of nitrogen functional groups attached to an aromatic ring is 1. The Morgan fingerprint density at radius 1 is 0.686 bits per heavy atom. The van der Waals surface area contributed by atoms with Gasteiger partial charge in [0, 0.05) is 23.2 Å². The van der Waals surface area contributed by atoms with Gasteiger partial charge in [-0.3, -0.25) is 14.4 Å². The number of fused-ring (bicyclic) bond motifs is 2. The van der Waals surface area contributed by atoms with E-state index in [1.165, 1.54) is 64.2 Å². The van der Waals surface area contributed by atoms with Crippen LogP contribution < -0.4 is 11.1 Å². The first kappa shape index (κ1) is 26.7. The number of hydrogen-bond donors (Lipinski definition) is 2. The number of nitrogens with two attached hydrogens (primary N) is 1. The second kappa shape index (κ2) is 13.8. The zero-order chi connectivity index (χ0) is 25.0. The zero-order valence-electron chi connectivity index (χ0n) is 21.2. The third-order valence-corrected chi connectivity index (χ3v) is 6.89. The fourth-order valence-electron chi connectivity index (χ4n) is 4.89. The summed E-state index contributed by atoms with van der Waals surface area (Å²) in [6, 6.07) is 9.89. The minimum absolute atomic E-state index is 0.125. The molecule has 1 aliphatic rings. The molecule has 0 heterocycles. The highest BCUT2D eigenvalue weighted by Gasteiger charge is 2.33. The van der Waals surface area contributed by atoms with E-state index < -0.39 is 0 Å². The van der Waals surface area contributed by atoms with Crippen LogP contribution in [-0.4, -0.2) is 17.5 Å². The molecule has 35 heavy (non-hydrogen) atoms. The molecule has 0 aromatic heterocycles. The van der Waals surface area contributed by atoms with Gasteiger partial charge in [0.2, 0.25) is 5.91 Å². The molecule has 5 heteroatoms. The standard InChI is InChI=1S/C30H40N2O3/c1-2-3-4-5-6-7-8-9-10-11-12-13-14-21-26(33)32-25-20-16-18-23-28(25)30(35)22-17-15-19-24(31)27(22)29(23)34/h15-20H,2-14,21,31H2,1H3,(H,32,33). The van der Waals surface area contributed by atoms with Gasteiger partial charge in [-0.25, -0.2) is 0 Å². The summed E-state index contributed by atoms with van der Waals surface area (Å²) < 4.78 is 0. The van der Waals surface area contributed by atoms with Crippen molar-refractivity contribution < 1.29 is 14.4 Å². The molecule has 1 amide bonds. The van der Waals surface area contributed by atoms with E-state index in [1.807, 2.05) is 0 Å². The molecule has 0 saturated heterocycles. The van der Waals surface area contributed by atoms with Crippen LogP contribution in [0.2, 0.25) is 0 Å². The normalized spacial score (nSPS) is 12.4. The molecule has 0 fully saturated rings. The zero-order valence-corrected chi connectivity index (χ0v) is 21.2. The average molecular weight is 477 g/mol. The fraction of sp³-hybridized carbons (Fsp3) is 0.500. The van der Waals surface area contributed by atoms with Crippen LogP contribution in [0.5, 0.6) is 0 Å². The highest BCUT2D eigenvalue weighted by Crippen LogP contribution is 2.34. The van der Waals surface area contributed by atoms with Crippen molar-refractivity contribution in [2.75, 3.05) is 11.1 Å². The van der Waals surface area contributed by atoms with E-state index in [2.05, 4.69) is 12.2 Å². The van der Waals surface area contributed by atoms with Gasteiger partial charge in [0.15, 0.2) is 11.6 Å².